The van der Waals surface area contributed by atoms with E-state index in [1.165, 1.54) is 0 Å². The van der Waals surface area contributed by atoms with Crippen molar-refractivity contribution in [2.24, 2.45) is 5.92 Å². The number of fused-ring (bicyclic) bond motifs is 1. The molecule has 3 atom stereocenters. The quantitative estimate of drug-likeness (QED) is 0.748. The van der Waals surface area contributed by atoms with Crippen LogP contribution in [0.5, 0.6) is 11.5 Å². The predicted molar refractivity (Wildman–Crippen MR) is 101 cm³/mol. The lowest BCUT2D eigenvalue weighted by molar-refractivity contribution is -0.145. The molecule has 3 unspecified atom stereocenters. The third-order valence-electron chi connectivity index (χ3n) is 5.32. The maximum absolute atomic E-state index is 13.5. The van der Waals surface area contributed by atoms with Crippen LogP contribution in [-0.2, 0) is 19.4 Å². The van der Waals surface area contributed by atoms with Crippen LogP contribution in [0.4, 0.5) is 0 Å². The van der Waals surface area contributed by atoms with Crippen LogP contribution < -0.4 is 9.47 Å². The molecule has 150 valence electrons. The van der Waals surface area contributed by atoms with Gasteiger partial charge in [0.15, 0.2) is 21.3 Å². The van der Waals surface area contributed by atoms with Crippen molar-refractivity contribution in [2.45, 2.75) is 31.9 Å². The number of hydrogen-bond donors (Lipinski definition) is 0. The third kappa shape index (κ3) is 3.91. The summed E-state index contributed by atoms with van der Waals surface area (Å²) in [4.78, 5) is 15.2. The Kier molecular flexibility index (Phi) is 5.67. The summed E-state index contributed by atoms with van der Waals surface area (Å²) in [6.07, 6.45) is -0.425. The normalized spacial score (nSPS) is 25.1. The largest absolute Gasteiger partial charge is 0.493 e. The van der Waals surface area contributed by atoms with E-state index in [9.17, 15) is 13.2 Å². The zero-order valence-corrected chi connectivity index (χ0v) is 17.0. The van der Waals surface area contributed by atoms with Crippen LogP contribution in [0, 0.1) is 5.92 Å². The summed E-state index contributed by atoms with van der Waals surface area (Å²) in [5, 5.41) is 0. The minimum atomic E-state index is -3.18. The number of carbonyl (C=O) groups excluding carboxylic acids is 1. The summed E-state index contributed by atoms with van der Waals surface area (Å²) in [5.41, 5.74) is 0.830. The summed E-state index contributed by atoms with van der Waals surface area (Å²) in [6.45, 7) is 4.75. The average Bonchev–Trinajstić information content (AvgIpc) is 2.94. The second-order valence-corrected chi connectivity index (χ2v) is 9.58. The number of ether oxygens (including phenoxy) is 3. The smallest absolute Gasteiger partial charge is 0.230 e. The van der Waals surface area contributed by atoms with Crippen molar-refractivity contribution in [2.75, 3.05) is 38.9 Å². The molecule has 27 heavy (non-hydrogen) atoms. The van der Waals surface area contributed by atoms with Gasteiger partial charge < -0.3 is 19.1 Å². The molecule has 7 nitrogen and oxygen atoms in total. The van der Waals surface area contributed by atoms with Crippen LogP contribution in [0.2, 0.25) is 0 Å². The molecule has 2 heterocycles. The Labute approximate surface area is 160 Å². The summed E-state index contributed by atoms with van der Waals surface area (Å²) < 4.78 is 40.4. The van der Waals surface area contributed by atoms with Gasteiger partial charge in [-0.15, -0.1) is 0 Å². The number of methoxy groups -OCH3 is 2. The molecule has 1 aromatic rings. The molecule has 0 aromatic heterocycles. The van der Waals surface area contributed by atoms with Crippen molar-refractivity contribution in [1.29, 1.82) is 0 Å². The Bertz CT molecular complexity index is 806. The first-order valence-corrected chi connectivity index (χ1v) is 10.9. The second-order valence-electron chi connectivity index (χ2n) is 7.42. The van der Waals surface area contributed by atoms with Crippen molar-refractivity contribution in [3.8, 4) is 11.5 Å². The fourth-order valence-electron chi connectivity index (χ4n) is 4.03. The van der Waals surface area contributed by atoms with Crippen LogP contribution in [-0.4, -0.2) is 70.2 Å². The molecule has 2 fully saturated rings. The molecule has 0 spiro atoms. The molecule has 1 amide bonds. The van der Waals surface area contributed by atoms with Gasteiger partial charge in [0.25, 0.3) is 0 Å². The minimum Gasteiger partial charge on any atom is -0.493 e. The summed E-state index contributed by atoms with van der Waals surface area (Å²) in [7, 11) is -0.0552. The highest BCUT2D eigenvalue weighted by Crippen LogP contribution is 2.36. The second kappa shape index (κ2) is 7.67. The number of sulfone groups is 1. The lowest BCUT2D eigenvalue weighted by atomic mass is 9.86. The fraction of sp³-hybridized carbons (Fsp3) is 0.632. The van der Waals surface area contributed by atoms with Crippen LogP contribution >= 0.6 is 0 Å². The van der Waals surface area contributed by atoms with Crippen molar-refractivity contribution in [3.63, 3.8) is 0 Å². The molecule has 1 aromatic carbocycles. The van der Waals surface area contributed by atoms with Crippen molar-refractivity contribution < 1.29 is 27.4 Å². The Hall–Kier alpha value is -1.80. The highest BCUT2D eigenvalue weighted by molar-refractivity contribution is 7.91. The van der Waals surface area contributed by atoms with Gasteiger partial charge in [0.05, 0.1) is 50.4 Å². The highest BCUT2D eigenvalue weighted by atomic mass is 32.2. The number of amides is 1. The van der Waals surface area contributed by atoms with Crippen LogP contribution in [0.1, 0.15) is 25.3 Å². The molecule has 2 aliphatic heterocycles. The zero-order chi connectivity index (χ0) is 19.8. The number of nitrogens with zero attached hydrogens (tertiary/aromatic N) is 1. The van der Waals surface area contributed by atoms with E-state index in [2.05, 4.69) is 0 Å². The van der Waals surface area contributed by atoms with Gasteiger partial charge in [-0.3, -0.25) is 4.79 Å². The summed E-state index contributed by atoms with van der Waals surface area (Å²) in [5.74, 6) is 0.709. The predicted octanol–water partition coefficient (Wildman–Crippen LogP) is 1.47. The summed E-state index contributed by atoms with van der Waals surface area (Å²) >= 11 is 0. The maximum atomic E-state index is 13.5. The molecule has 0 bridgehead atoms. The first-order valence-electron chi connectivity index (χ1n) is 9.12. The monoisotopic (exact) mass is 397 g/mol. The molecule has 0 aliphatic carbocycles. The van der Waals surface area contributed by atoms with Gasteiger partial charge in [0.2, 0.25) is 5.91 Å². The lowest BCUT2D eigenvalue weighted by Gasteiger charge is -2.39. The van der Waals surface area contributed by atoms with Gasteiger partial charge in [-0.2, -0.15) is 0 Å². The molecule has 0 N–H and O–H groups in total. The van der Waals surface area contributed by atoms with Gasteiger partial charge in [0, 0.05) is 6.54 Å². The van der Waals surface area contributed by atoms with Crippen LogP contribution in [0.15, 0.2) is 18.2 Å². The van der Waals surface area contributed by atoms with Crippen molar-refractivity contribution in [3.05, 3.63) is 23.8 Å². The van der Waals surface area contributed by atoms with E-state index in [4.69, 9.17) is 14.2 Å². The number of carbonyl (C=O) groups is 1. The maximum Gasteiger partial charge on any atom is 0.230 e. The topological polar surface area (TPSA) is 82.1 Å². The van der Waals surface area contributed by atoms with E-state index >= 15 is 0 Å². The molecular weight excluding hydrogens is 370 g/mol. The standard InChI is InChI=1S/C19H27NO6S/c1-12(2)18(13-5-6-15(24-3)16(9-13)25-4)19(21)20-7-8-26-17-11-27(22,23)10-14(17)20/h5-6,9,12,14,17-18H,7-8,10-11H2,1-4H3. The zero-order valence-electron chi connectivity index (χ0n) is 16.2. The van der Waals surface area contributed by atoms with Gasteiger partial charge in [-0.1, -0.05) is 19.9 Å². The molecule has 8 heteroatoms. The average molecular weight is 397 g/mol. The van der Waals surface area contributed by atoms with Gasteiger partial charge >= 0.3 is 0 Å². The molecular formula is C19H27NO6S. The SMILES string of the molecule is COc1ccc(C(C(=O)N2CCOC3CS(=O)(=O)CC32)C(C)C)cc1OC. The van der Waals surface area contributed by atoms with Crippen molar-refractivity contribution in [1.82, 2.24) is 4.90 Å². The highest BCUT2D eigenvalue weighted by Gasteiger charge is 2.47. The van der Waals surface area contributed by atoms with E-state index in [-0.39, 0.29) is 23.3 Å². The van der Waals surface area contributed by atoms with Crippen LogP contribution in [0.25, 0.3) is 0 Å². The van der Waals surface area contributed by atoms with E-state index in [0.717, 1.165) is 5.56 Å². The Morgan fingerprint density at radius 2 is 1.89 bits per heavy atom. The number of rotatable bonds is 5. The molecule has 0 radical (unpaired) electrons. The Morgan fingerprint density at radius 1 is 1.19 bits per heavy atom. The third-order valence-corrected chi connectivity index (χ3v) is 7.00. The molecule has 0 saturated carbocycles. The first-order chi connectivity index (χ1) is 12.8. The number of morpholine rings is 1. The minimum absolute atomic E-state index is 0.00977. The van der Waals surface area contributed by atoms with Gasteiger partial charge in [-0.05, 0) is 23.6 Å². The van der Waals surface area contributed by atoms with Crippen molar-refractivity contribution >= 4 is 15.7 Å². The van der Waals surface area contributed by atoms with E-state index < -0.39 is 27.9 Å². The van der Waals surface area contributed by atoms with Gasteiger partial charge in [-0.25, -0.2) is 8.42 Å². The summed E-state index contributed by atoms with van der Waals surface area (Å²) in [6, 6.07) is 5.08. The number of hydrogen-bond acceptors (Lipinski definition) is 6. The first kappa shape index (κ1) is 19.9. The van der Waals surface area contributed by atoms with Crippen LogP contribution in [0.3, 0.4) is 0 Å². The Balaban J connectivity index is 1.92. The fourth-order valence-corrected chi connectivity index (χ4v) is 5.90. The lowest BCUT2D eigenvalue weighted by Crippen LogP contribution is -2.54. The van der Waals surface area contributed by atoms with E-state index in [1.54, 1.807) is 25.2 Å². The molecule has 2 saturated heterocycles. The molecule has 3 rings (SSSR count). The van der Waals surface area contributed by atoms with E-state index in [1.807, 2.05) is 26.0 Å². The Morgan fingerprint density at radius 3 is 2.52 bits per heavy atom. The van der Waals surface area contributed by atoms with E-state index in [0.29, 0.717) is 24.7 Å². The number of benzene rings is 1. The molecule has 2 aliphatic rings. The van der Waals surface area contributed by atoms with Gasteiger partial charge in [0.1, 0.15) is 0 Å².